The molecular formula is C20H21ClN4O3S. The minimum absolute atomic E-state index is 0.112. The average molecular weight is 433 g/mol. The van der Waals surface area contributed by atoms with Crippen LogP contribution in [0, 0.1) is 0 Å². The molecule has 0 saturated carbocycles. The molecule has 9 heteroatoms. The normalized spacial score (nSPS) is 15.7. The third kappa shape index (κ3) is 4.60. The zero-order valence-corrected chi connectivity index (χ0v) is 17.3. The van der Waals surface area contributed by atoms with Crippen molar-refractivity contribution in [2.24, 2.45) is 0 Å². The molecule has 1 fully saturated rings. The van der Waals surface area contributed by atoms with E-state index in [9.17, 15) is 13.2 Å². The minimum Gasteiger partial charge on any atom is -0.339 e. The van der Waals surface area contributed by atoms with Gasteiger partial charge in [0.1, 0.15) is 11.4 Å². The highest BCUT2D eigenvalue weighted by Gasteiger charge is 2.26. The Labute approximate surface area is 174 Å². The number of imidazole rings is 1. The molecule has 2 aromatic heterocycles. The number of pyridine rings is 1. The lowest BCUT2D eigenvalue weighted by molar-refractivity contribution is -0.130. The summed E-state index contributed by atoms with van der Waals surface area (Å²) in [6, 6.07) is 11.8. The van der Waals surface area contributed by atoms with E-state index in [1.807, 2.05) is 35.0 Å². The van der Waals surface area contributed by atoms with E-state index in [-0.39, 0.29) is 10.8 Å². The van der Waals surface area contributed by atoms with Crippen molar-refractivity contribution in [1.29, 1.82) is 0 Å². The number of carbonyl (C=O) groups excluding carboxylic acids is 1. The molecule has 7 nitrogen and oxygen atoms in total. The summed E-state index contributed by atoms with van der Waals surface area (Å²) in [7, 11) is -3.68. The monoisotopic (exact) mass is 432 g/mol. The fourth-order valence-corrected chi connectivity index (χ4v) is 4.78. The van der Waals surface area contributed by atoms with Crippen LogP contribution in [0.15, 0.2) is 59.8 Å². The van der Waals surface area contributed by atoms with E-state index in [4.69, 9.17) is 11.6 Å². The highest BCUT2D eigenvalue weighted by atomic mass is 35.5. The van der Waals surface area contributed by atoms with E-state index < -0.39 is 15.6 Å². The highest BCUT2D eigenvalue weighted by Crippen LogP contribution is 2.17. The van der Waals surface area contributed by atoms with Gasteiger partial charge in [0, 0.05) is 50.1 Å². The second-order valence-corrected chi connectivity index (χ2v) is 9.49. The smallest absolute Gasteiger partial charge is 0.238 e. The van der Waals surface area contributed by atoms with Crippen LogP contribution in [0.3, 0.4) is 0 Å². The van der Waals surface area contributed by atoms with Crippen molar-refractivity contribution < 1.29 is 13.2 Å². The number of nitrogens with zero attached hydrogens (tertiary/aromatic N) is 4. The largest absolute Gasteiger partial charge is 0.339 e. The number of carbonyl (C=O) groups is 1. The quantitative estimate of drug-likeness (QED) is 0.617. The summed E-state index contributed by atoms with van der Waals surface area (Å²) in [5, 5.41) is 0.456. The van der Waals surface area contributed by atoms with Crippen LogP contribution in [0.2, 0.25) is 5.02 Å². The van der Waals surface area contributed by atoms with Crippen LogP contribution in [0.1, 0.15) is 5.69 Å². The van der Waals surface area contributed by atoms with Gasteiger partial charge in [-0.15, -0.1) is 0 Å². The Morgan fingerprint density at radius 3 is 2.45 bits per heavy atom. The summed E-state index contributed by atoms with van der Waals surface area (Å²) in [6.45, 7) is 3.07. The lowest BCUT2D eigenvalue weighted by Crippen LogP contribution is -2.49. The van der Waals surface area contributed by atoms with Gasteiger partial charge in [0.15, 0.2) is 9.84 Å². The summed E-state index contributed by atoms with van der Waals surface area (Å²) in [5.41, 5.74) is 1.88. The number of sulfone groups is 1. The first-order valence-electron chi connectivity index (χ1n) is 9.32. The molecule has 1 aromatic carbocycles. The molecule has 152 valence electrons. The van der Waals surface area contributed by atoms with Gasteiger partial charge in [-0.25, -0.2) is 13.4 Å². The number of aromatic nitrogens is 2. The minimum atomic E-state index is -3.68. The molecule has 1 aliphatic rings. The first-order chi connectivity index (χ1) is 13.9. The molecule has 29 heavy (non-hydrogen) atoms. The van der Waals surface area contributed by atoms with E-state index in [0.717, 1.165) is 11.3 Å². The SMILES string of the molecule is O=C(CS(=O)(=O)c1ccc(Cl)cc1)N1CCN(Cc2cn3ccccc3n2)CC1. The van der Waals surface area contributed by atoms with E-state index >= 15 is 0 Å². The summed E-state index contributed by atoms with van der Waals surface area (Å²) in [5.74, 6) is -0.895. The van der Waals surface area contributed by atoms with Crippen molar-refractivity contribution in [1.82, 2.24) is 19.2 Å². The molecule has 0 aliphatic carbocycles. The van der Waals surface area contributed by atoms with Crippen molar-refractivity contribution >= 4 is 33.0 Å². The van der Waals surface area contributed by atoms with Crippen molar-refractivity contribution in [3.05, 3.63) is 65.6 Å². The zero-order chi connectivity index (χ0) is 20.4. The zero-order valence-electron chi connectivity index (χ0n) is 15.7. The maximum absolute atomic E-state index is 12.5. The molecule has 0 bridgehead atoms. The van der Waals surface area contributed by atoms with Crippen LogP contribution in [-0.4, -0.2) is 65.4 Å². The molecule has 0 atom stereocenters. The molecular weight excluding hydrogens is 412 g/mol. The molecule has 3 heterocycles. The van der Waals surface area contributed by atoms with Gasteiger partial charge < -0.3 is 9.30 Å². The Bertz CT molecular complexity index is 1090. The predicted octanol–water partition coefficient (Wildman–Crippen LogP) is 2.11. The standard InChI is InChI=1S/C20H21ClN4O3S/c21-16-4-6-18(7-5-16)29(27,28)15-20(26)24-11-9-23(10-12-24)13-17-14-25-8-2-1-3-19(25)22-17/h1-8,14H,9-13,15H2. The number of halogens is 1. The average Bonchev–Trinajstić information content (AvgIpc) is 3.11. The second kappa shape index (κ2) is 8.14. The molecule has 1 saturated heterocycles. The number of piperazine rings is 1. The number of hydrogen-bond donors (Lipinski definition) is 0. The molecule has 4 rings (SSSR count). The molecule has 1 amide bonds. The maximum atomic E-state index is 12.5. The molecule has 0 spiro atoms. The number of rotatable bonds is 5. The van der Waals surface area contributed by atoms with Gasteiger partial charge in [0.05, 0.1) is 10.6 Å². The summed E-state index contributed by atoms with van der Waals surface area (Å²) >= 11 is 5.80. The van der Waals surface area contributed by atoms with E-state index in [2.05, 4.69) is 9.88 Å². The van der Waals surface area contributed by atoms with Crippen LogP contribution in [-0.2, 0) is 21.2 Å². The summed E-state index contributed by atoms with van der Waals surface area (Å²) in [4.78, 5) is 21.1. The van der Waals surface area contributed by atoms with E-state index in [1.54, 1.807) is 4.90 Å². The van der Waals surface area contributed by atoms with Crippen molar-refractivity contribution in [2.75, 3.05) is 31.9 Å². The molecule has 3 aromatic rings. The van der Waals surface area contributed by atoms with Crippen LogP contribution < -0.4 is 0 Å². The van der Waals surface area contributed by atoms with Crippen LogP contribution in [0.4, 0.5) is 0 Å². The van der Waals surface area contributed by atoms with Gasteiger partial charge in [0.2, 0.25) is 5.91 Å². The maximum Gasteiger partial charge on any atom is 0.238 e. The van der Waals surface area contributed by atoms with Crippen molar-refractivity contribution in [3.8, 4) is 0 Å². The topological polar surface area (TPSA) is 75.0 Å². The van der Waals surface area contributed by atoms with Crippen LogP contribution in [0.5, 0.6) is 0 Å². The van der Waals surface area contributed by atoms with Gasteiger partial charge in [-0.1, -0.05) is 17.7 Å². The van der Waals surface area contributed by atoms with Gasteiger partial charge in [0.25, 0.3) is 0 Å². The van der Waals surface area contributed by atoms with Crippen LogP contribution in [0.25, 0.3) is 5.65 Å². The molecule has 0 N–H and O–H groups in total. The number of hydrogen-bond acceptors (Lipinski definition) is 5. The van der Waals surface area contributed by atoms with Gasteiger partial charge >= 0.3 is 0 Å². The fraction of sp³-hybridized carbons (Fsp3) is 0.300. The third-order valence-corrected chi connectivity index (χ3v) is 6.88. The van der Waals surface area contributed by atoms with Crippen molar-refractivity contribution in [3.63, 3.8) is 0 Å². The lowest BCUT2D eigenvalue weighted by Gasteiger charge is -2.34. The Morgan fingerprint density at radius 2 is 1.76 bits per heavy atom. The van der Waals surface area contributed by atoms with Gasteiger partial charge in [-0.2, -0.15) is 0 Å². The Morgan fingerprint density at radius 1 is 1.03 bits per heavy atom. The van der Waals surface area contributed by atoms with Gasteiger partial charge in [-0.05, 0) is 36.4 Å². The summed E-state index contributed by atoms with van der Waals surface area (Å²) in [6.07, 6.45) is 3.97. The summed E-state index contributed by atoms with van der Waals surface area (Å²) < 4.78 is 26.9. The first-order valence-corrected chi connectivity index (χ1v) is 11.3. The Hall–Kier alpha value is -2.42. The van der Waals surface area contributed by atoms with Crippen LogP contribution >= 0.6 is 11.6 Å². The number of fused-ring (bicyclic) bond motifs is 1. The van der Waals surface area contributed by atoms with E-state index in [0.29, 0.717) is 37.7 Å². The van der Waals surface area contributed by atoms with E-state index in [1.165, 1.54) is 24.3 Å². The Kier molecular flexibility index (Phi) is 5.58. The van der Waals surface area contributed by atoms with Crippen molar-refractivity contribution in [2.45, 2.75) is 11.4 Å². The molecule has 0 radical (unpaired) electrons. The lowest BCUT2D eigenvalue weighted by atomic mass is 10.3. The third-order valence-electron chi connectivity index (χ3n) is 5.01. The molecule has 1 aliphatic heterocycles. The molecule has 0 unspecified atom stereocenters. The predicted molar refractivity (Wildman–Crippen MR) is 111 cm³/mol. The van der Waals surface area contributed by atoms with Gasteiger partial charge in [-0.3, -0.25) is 9.69 Å². The first kappa shape index (κ1) is 19.9. The fourth-order valence-electron chi connectivity index (χ4n) is 3.43. The second-order valence-electron chi connectivity index (χ2n) is 7.07. The Balaban J connectivity index is 1.32. The number of amides is 1. The number of benzene rings is 1. The highest BCUT2D eigenvalue weighted by molar-refractivity contribution is 7.92.